The molecule has 0 aromatic heterocycles. The minimum Gasteiger partial charge on any atom is -0.550 e. The number of aliphatic imine (C=N–C) groups is 2. The maximum absolute atomic E-state index is 10.4. The van der Waals surface area contributed by atoms with Gasteiger partial charge >= 0.3 is 16.8 Å². The van der Waals surface area contributed by atoms with Gasteiger partial charge in [-0.15, -0.1) is 0 Å². The molecule has 0 aliphatic rings. The van der Waals surface area contributed by atoms with Gasteiger partial charge in [0.15, 0.2) is 0 Å². The van der Waals surface area contributed by atoms with E-state index in [4.69, 9.17) is 19.8 Å². The molecule has 4 aromatic carbocycles. The molecule has 0 atom stereocenters. The number of aliphatic carboxylic acids is 2. The largest absolute Gasteiger partial charge is 2.00 e. The van der Waals surface area contributed by atoms with Crippen LogP contribution < -0.4 is 10.2 Å². The molecule has 43 heavy (non-hydrogen) atoms. The van der Waals surface area contributed by atoms with Gasteiger partial charge in [0.25, 0.3) is 0 Å². The Hall–Kier alpha value is -4.73. The zero-order valence-corrected chi connectivity index (χ0v) is 25.4. The molecule has 0 amide bonds. The first-order valence-electron chi connectivity index (χ1n) is 13.1. The van der Waals surface area contributed by atoms with Gasteiger partial charge in [-0.2, -0.15) is 0 Å². The quantitative estimate of drug-likeness (QED) is 0.234. The number of aryl methyl sites for hydroxylation is 2. The molecule has 225 valence electrons. The van der Waals surface area contributed by atoms with Gasteiger partial charge < -0.3 is 30.0 Å². The third-order valence-electron chi connectivity index (χ3n) is 5.69. The predicted molar refractivity (Wildman–Crippen MR) is 163 cm³/mol. The van der Waals surface area contributed by atoms with Gasteiger partial charge in [-0.25, -0.2) is 0 Å². The van der Waals surface area contributed by atoms with Crippen molar-refractivity contribution in [1.82, 2.24) is 0 Å². The van der Waals surface area contributed by atoms with Crippen molar-refractivity contribution >= 4 is 24.4 Å². The molecule has 2 N–H and O–H groups in total. The second kappa shape index (κ2) is 18.6. The molecule has 0 saturated carbocycles. The van der Waals surface area contributed by atoms with Crippen molar-refractivity contribution in [3.05, 3.63) is 107 Å². The van der Waals surface area contributed by atoms with Crippen LogP contribution in [0.2, 0.25) is 0 Å². The summed E-state index contributed by atoms with van der Waals surface area (Å²) in [4.78, 5) is 26.7. The normalized spacial score (nSPS) is 10.2. The third-order valence-corrected chi connectivity index (χ3v) is 5.69. The summed E-state index contributed by atoms with van der Waals surface area (Å²) < 4.78 is 0. The average molecular weight is 626 g/mol. The van der Waals surface area contributed by atoms with Crippen LogP contribution in [-0.4, -0.2) is 47.7 Å². The number of benzene rings is 4. The number of carboxylic acid groups (broad SMARTS) is 2. The van der Waals surface area contributed by atoms with Crippen molar-refractivity contribution in [1.29, 1.82) is 0 Å². The van der Waals surface area contributed by atoms with Crippen molar-refractivity contribution < 1.29 is 46.8 Å². The maximum Gasteiger partial charge on any atom is 2.00 e. The Morgan fingerprint density at radius 1 is 0.628 bits per heavy atom. The molecular weight excluding hydrogens is 591 g/mol. The fraction of sp³-hybridized carbons (Fsp3) is 0.176. The summed E-state index contributed by atoms with van der Waals surface area (Å²) in [7, 11) is 0. The molecule has 8 nitrogen and oxygen atoms in total. The van der Waals surface area contributed by atoms with Crippen molar-refractivity contribution in [3.8, 4) is 33.8 Å². The van der Waals surface area contributed by atoms with E-state index < -0.39 is 11.9 Å². The number of hydrogen-bond acceptors (Lipinski definition) is 8. The third kappa shape index (κ3) is 12.8. The summed E-state index contributed by atoms with van der Waals surface area (Å²) in [5, 5.41) is 38.7. The maximum atomic E-state index is 10.4. The standard InChI is InChI=1S/C30H28N2O2.2C2H4O2.Co/c1-21-15-25(23-9-5-3-6-10-23)17-27(29(21)33)19-31-13-14-32-20-28-18-26(16-22(2)30(28)34)24-11-7-4-8-12-24;2*1-2(3)4;/h3-12,15-20,33-34H,13-14H2,1-2H3;2*1H3,(H,3,4);/q;;;+2/p-2. The van der Waals surface area contributed by atoms with Crippen molar-refractivity contribution in [2.24, 2.45) is 9.98 Å². The summed E-state index contributed by atoms with van der Waals surface area (Å²) in [5.74, 6) is -1.69. The van der Waals surface area contributed by atoms with E-state index in [1.54, 1.807) is 12.4 Å². The Morgan fingerprint density at radius 2 is 0.930 bits per heavy atom. The van der Waals surface area contributed by atoms with Crippen molar-refractivity contribution in [3.63, 3.8) is 0 Å². The first kappa shape index (κ1) is 36.3. The van der Waals surface area contributed by atoms with E-state index >= 15 is 0 Å². The van der Waals surface area contributed by atoms with E-state index in [-0.39, 0.29) is 28.3 Å². The summed E-state index contributed by atoms with van der Waals surface area (Å²) in [6.07, 6.45) is 3.39. The molecule has 0 bridgehead atoms. The van der Waals surface area contributed by atoms with Crippen LogP contribution in [0.25, 0.3) is 22.3 Å². The molecule has 0 heterocycles. The Balaban J connectivity index is 0.000000917. The summed E-state index contributed by atoms with van der Waals surface area (Å²) in [6.45, 7) is 6.67. The number of phenolic OH excluding ortho intramolecular Hbond substituents is 2. The van der Waals surface area contributed by atoms with Crippen LogP contribution in [0, 0.1) is 13.8 Å². The molecule has 0 aliphatic heterocycles. The smallest absolute Gasteiger partial charge is 0.550 e. The Morgan fingerprint density at radius 3 is 1.23 bits per heavy atom. The fourth-order valence-electron chi connectivity index (χ4n) is 3.85. The predicted octanol–water partition coefficient (Wildman–Crippen LogP) is 4.10. The van der Waals surface area contributed by atoms with Crippen LogP contribution in [0.4, 0.5) is 0 Å². The topological polar surface area (TPSA) is 145 Å². The van der Waals surface area contributed by atoms with Crippen molar-refractivity contribution in [2.75, 3.05) is 13.1 Å². The van der Waals surface area contributed by atoms with Crippen LogP contribution in [0.15, 0.2) is 94.9 Å². The van der Waals surface area contributed by atoms with E-state index in [0.717, 1.165) is 47.2 Å². The van der Waals surface area contributed by atoms with E-state index in [2.05, 4.69) is 9.98 Å². The number of hydrogen-bond donors (Lipinski definition) is 2. The fourth-order valence-corrected chi connectivity index (χ4v) is 3.85. The average Bonchev–Trinajstić information content (AvgIpc) is 2.95. The van der Waals surface area contributed by atoms with Gasteiger partial charge in [0.05, 0.1) is 13.1 Å². The molecule has 9 heteroatoms. The van der Waals surface area contributed by atoms with Crippen LogP contribution in [0.5, 0.6) is 11.5 Å². The second-order valence-electron chi connectivity index (χ2n) is 9.25. The molecular formula is C34H34CoN2O6. The van der Waals surface area contributed by atoms with Gasteiger partial charge in [0.1, 0.15) is 11.5 Å². The zero-order valence-electron chi connectivity index (χ0n) is 24.4. The molecule has 1 radical (unpaired) electrons. The van der Waals surface area contributed by atoms with Crippen molar-refractivity contribution in [2.45, 2.75) is 27.7 Å². The van der Waals surface area contributed by atoms with E-state index in [1.807, 2.05) is 98.8 Å². The Labute approximate surface area is 262 Å². The van der Waals surface area contributed by atoms with Crippen LogP contribution >= 0.6 is 0 Å². The SMILES string of the molecule is CC(=O)[O-].CC(=O)[O-].Cc1cc(-c2ccccc2)cc(C=NCCN=Cc2cc(-c3ccccc3)cc(C)c2O)c1O.[Co+2]. The monoisotopic (exact) mass is 625 g/mol. The molecule has 0 aliphatic carbocycles. The number of carboxylic acids is 2. The molecule has 0 saturated heterocycles. The van der Waals surface area contributed by atoms with Crippen LogP contribution in [0.3, 0.4) is 0 Å². The number of carbonyl (C=O) groups is 2. The molecule has 0 fully saturated rings. The van der Waals surface area contributed by atoms with Gasteiger partial charge in [-0.3, -0.25) is 9.98 Å². The van der Waals surface area contributed by atoms with E-state index in [0.29, 0.717) is 24.2 Å². The second-order valence-corrected chi connectivity index (χ2v) is 9.25. The molecule has 4 aromatic rings. The van der Waals surface area contributed by atoms with Crippen LogP contribution in [-0.2, 0) is 26.4 Å². The van der Waals surface area contributed by atoms with Gasteiger partial charge in [0, 0.05) is 35.5 Å². The number of nitrogens with zero attached hydrogens (tertiary/aromatic N) is 2. The number of carbonyl (C=O) groups excluding carboxylic acids is 2. The summed E-state index contributed by atoms with van der Waals surface area (Å²) in [5.41, 5.74) is 7.27. The summed E-state index contributed by atoms with van der Waals surface area (Å²) in [6, 6.07) is 28.0. The zero-order chi connectivity index (χ0) is 31.1. The van der Waals surface area contributed by atoms with Gasteiger partial charge in [0.2, 0.25) is 0 Å². The minimum absolute atomic E-state index is 0. The number of rotatable bonds is 7. The molecule has 4 rings (SSSR count). The van der Waals surface area contributed by atoms with Gasteiger partial charge in [-0.1, -0.05) is 60.7 Å². The van der Waals surface area contributed by atoms with Crippen LogP contribution in [0.1, 0.15) is 36.1 Å². The van der Waals surface area contributed by atoms with E-state index in [9.17, 15) is 10.2 Å². The first-order valence-corrected chi connectivity index (χ1v) is 13.1. The Kier molecular flexibility index (Phi) is 15.7. The summed E-state index contributed by atoms with van der Waals surface area (Å²) >= 11 is 0. The number of phenols is 2. The molecule has 0 unspecified atom stereocenters. The van der Waals surface area contributed by atoms with Gasteiger partial charge in [-0.05, 0) is 85.3 Å². The minimum atomic E-state index is -1.08. The molecule has 0 spiro atoms. The number of aromatic hydroxyl groups is 2. The Bertz CT molecular complexity index is 1410. The van der Waals surface area contributed by atoms with E-state index in [1.165, 1.54) is 0 Å². The first-order chi connectivity index (χ1) is 20.0.